The van der Waals surface area contributed by atoms with Crippen molar-refractivity contribution in [2.24, 2.45) is 0 Å². The quantitative estimate of drug-likeness (QED) is 0.487. The topological polar surface area (TPSA) is 66.9 Å². The van der Waals surface area contributed by atoms with Crippen molar-refractivity contribution in [1.29, 1.82) is 0 Å². The lowest BCUT2D eigenvalue weighted by Crippen LogP contribution is -2.32. The number of hydrogen-bond acceptors (Lipinski definition) is 5. The molecular formula is C25H30N2O4. The van der Waals surface area contributed by atoms with Gasteiger partial charge in [0.15, 0.2) is 0 Å². The van der Waals surface area contributed by atoms with Crippen molar-refractivity contribution in [3.63, 3.8) is 0 Å². The van der Waals surface area contributed by atoms with E-state index in [0.29, 0.717) is 12.2 Å². The van der Waals surface area contributed by atoms with Gasteiger partial charge < -0.3 is 9.64 Å². The van der Waals surface area contributed by atoms with Crippen molar-refractivity contribution in [1.82, 2.24) is 4.90 Å². The Labute approximate surface area is 183 Å². The second-order valence-electron chi connectivity index (χ2n) is 8.71. The summed E-state index contributed by atoms with van der Waals surface area (Å²) < 4.78 is 5.35. The van der Waals surface area contributed by atoms with E-state index in [-0.39, 0.29) is 35.1 Å². The highest BCUT2D eigenvalue weighted by Crippen LogP contribution is 2.40. The molecule has 0 aromatic heterocycles. The van der Waals surface area contributed by atoms with E-state index >= 15 is 0 Å². The van der Waals surface area contributed by atoms with Crippen LogP contribution in [0.25, 0.3) is 0 Å². The van der Waals surface area contributed by atoms with E-state index < -0.39 is 17.8 Å². The molecule has 2 aromatic rings. The molecule has 0 bridgehead atoms. The normalized spacial score (nSPS) is 13.5. The Bertz CT molecular complexity index is 998. The van der Waals surface area contributed by atoms with Crippen molar-refractivity contribution in [2.45, 2.75) is 39.5 Å². The number of esters is 1. The first-order valence-corrected chi connectivity index (χ1v) is 10.6. The standard InChI is InChI=1S/C25H30N2O4/c1-15(2)17-9-7-10-18(16(3)4)22(17)27-23(28)19-11-8-12-20(21(19)24(27)29)25(30)31-14-13-26(5)6/h7-12,15-16H,13-14H2,1-6H3. The molecular weight excluding hydrogens is 392 g/mol. The summed E-state index contributed by atoms with van der Waals surface area (Å²) in [6, 6.07) is 10.6. The number of hydrogen-bond donors (Lipinski definition) is 0. The fraction of sp³-hybridized carbons (Fsp3) is 0.400. The maximum Gasteiger partial charge on any atom is 0.339 e. The highest BCUT2D eigenvalue weighted by Gasteiger charge is 2.42. The van der Waals surface area contributed by atoms with Gasteiger partial charge in [-0.3, -0.25) is 9.59 Å². The van der Waals surface area contributed by atoms with E-state index in [4.69, 9.17) is 4.74 Å². The third kappa shape index (κ3) is 4.26. The smallest absolute Gasteiger partial charge is 0.339 e. The number of amides is 2. The average molecular weight is 423 g/mol. The zero-order chi connectivity index (χ0) is 22.9. The second-order valence-corrected chi connectivity index (χ2v) is 8.71. The number of anilines is 1. The number of fused-ring (bicyclic) bond motifs is 1. The molecule has 1 aliphatic rings. The fourth-order valence-corrected chi connectivity index (χ4v) is 3.83. The Hall–Kier alpha value is -2.99. The Balaban J connectivity index is 2.07. The van der Waals surface area contributed by atoms with Crippen molar-refractivity contribution < 1.29 is 19.1 Å². The predicted molar refractivity (Wildman–Crippen MR) is 121 cm³/mol. The molecule has 1 aliphatic heterocycles. The van der Waals surface area contributed by atoms with Gasteiger partial charge in [0.05, 0.1) is 22.4 Å². The number of imide groups is 1. The maximum atomic E-state index is 13.6. The number of ether oxygens (including phenoxy) is 1. The predicted octanol–water partition coefficient (Wildman–Crippen LogP) is 4.45. The number of likely N-dealkylation sites (N-methyl/N-ethyl adjacent to an activating group) is 1. The maximum absolute atomic E-state index is 13.6. The number of carbonyl (C=O) groups is 3. The van der Waals surface area contributed by atoms with Crippen LogP contribution in [0, 0.1) is 0 Å². The van der Waals surface area contributed by atoms with Crippen LogP contribution >= 0.6 is 0 Å². The first kappa shape index (κ1) is 22.7. The first-order valence-electron chi connectivity index (χ1n) is 10.6. The first-order chi connectivity index (χ1) is 14.6. The van der Waals surface area contributed by atoms with Crippen molar-refractivity contribution in [3.05, 3.63) is 64.2 Å². The lowest BCUT2D eigenvalue weighted by Gasteiger charge is -2.25. The molecule has 0 fully saturated rings. The minimum atomic E-state index is -0.595. The van der Waals surface area contributed by atoms with Crippen LogP contribution in [0.1, 0.15) is 81.7 Å². The third-order valence-corrected chi connectivity index (χ3v) is 5.47. The summed E-state index contributed by atoms with van der Waals surface area (Å²) in [5.74, 6) is -1.24. The van der Waals surface area contributed by atoms with E-state index in [1.807, 2.05) is 64.9 Å². The zero-order valence-corrected chi connectivity index (χ0v) is 19.1. The van der Waals surface area contributed by atoms with Crippen molar-refractivity contribution in [3.8, 4) is 0 Å². The molecule has 164 valence electrons. The van der Waals surface area contributed by atoms with Crippen LogP contribution in [-0.2, 0) is 4.74 Å². The van der Waals surface area contributed by atoms with Gasteiger partial charge in [-0.15, -0.1) is 0 Å². The van der Waals surface area contributed by atoms with Crippen molar-refractivity contribution in [2.75, 3.05) is 32.1 Å². The summed E-state index contributed by atoms with van der Waals surface area (Å²) in [5.41, 5.74) is 2.97. The summed E-state index contributed by atoms with van der Waals surface area (Å²) in [5, 5.41) is 0. The Morgan fingerprint density at radius 2 is 1.52 bits per heavy atom. The van der Waals surface area contributed by atoms with E-state index in [1.165, 1.54) is 4.90 Å². The van der Waals surface area contributed by atoms with Crippen LogP contribution in [-0.4, -0.2) is 49.9 Å². The van der Waals surface area contributed by atoms with E-state index in [0.717, 1.165) is 11.1 Å². The molecule has 0 unspecified atom stereocenters. The summed E-state index contributed by atoms with van der Waals surface area (Å²) >= 11 is 0. The monoisotopic (exact) mass is 422 g/mol. The molecule has 6 nitrogen and oxygen atoms in total. The van der Waals surface area contributed by atoms with Crippen LogP contribution < -0.4 is 4.90 Å². The molecule has 0 spiro atoms. The van der Waals surface area contributed by atoms with E-state index in [1.54, 1.807) is 18.2 Å². The van der Waals surface area contributed by atoms with E-state index in [9.17, 15) is 14.4 Å². The van der Waals surface area contributed by atoms with Gasteiger partial charge in [0.1, 0.15) is 6.61 Å². The Morgan fingerprint density at radius 1 is 0.935 bits per heavy atom. The highest BCUT2D eigenvalue weighted by atomic mass is 16.5. The third-order valence-electron chi connectivity index (χ3n) is 5.47. The summed E-state index contributed by atoms with van der Waals surface area (Å²) in [4.78, 5) is 42.8. The molecule has 2 aromatic carbocycles. The summed E-state index contributed by atoms with van der Waals surface area (Å²) in [6.07, 6.45) is 0. The van der Waals surface area contributed by atoms with Gasteiger partial charge in [-0.2, -0.15) is 0 Å². The van der Waals surface area contributed by atoms with Crippen LogP contribution in [0.3, 0.4) is 0 Å². The minimum absolute atomic E-state index is 0.119. The van der Waals surface area contributed by atoms with Crippen molar-refractivity contribution >= 4 is 23.5 Å². The van der Waals surface area contributed by atoms with Crippen LogP contribution in [0.2, 0.25) is 0 Å². The SMILES string of the molecule is CC(C)c1cccc(C(C)C)c1N1C(=O)c2cccc(C(=O)OCCN(C)C)c2C1=O. The van der Waals surface area contributed by atoms with Crippen LogP contribution in [0.4, 0.5) is 5.69 Å². The molecule has 31 heavy (non-hydrogen) atoms. The molecule has 0 radical (unpaired) electrons. The Kier molecular flexibility index (Phi) is 6.60. The zero-order valence-electron chi connectivity index (χ0n) is 19.1. The van der Waals surface area contributed by atoms with Crippen LogP contribution in [0.5, 0.6) is 0 Å². The molecule has 0 N–H and O–H groups in total. The molecule has 0 saturated heterocycles. The fourth-order valence-electron chi connectivity index (χ4n) is 3.83. The summed E-state index contributed by atoms with van der Waals surface area (Å²) in [7, 11) is 3.76. The molecule has 3 rings (SSSR count). The highest BCUT2D eigenvalue weighted by molar-refractivity contribution is 6.36. The van der Waals surface area contributed by atoms with Gasteiger partial charge in [-0.1, -0.05) is 52.0 Å². The molecule has 2 amide bonds. The number of rotatable bonds is 7. The van der Waals surface area contributed by atoms with Gasteiger partial charge in [0.2, 0.25) is 0 Å². The molecule has 0 atom stereocenters. The molecule has 6 heteroatoms. The Morgan fingerprint density at radius 3 is 2.06 bits per heavy atom. The van der Waals surface area contributed by atoms with Gasteiger partial charge in [-0.05, 0) is 49.2 Å². The molecule has 1 heterocycles. The van der Waals surface area contributed by atoms with Crippen LogP contribution in [0.15, 0.2) is 36.4 Å². The summed E-state index contributed by atoms with van der Waals surface area (Å²) in [6.45, 7) is 8.92. The number of para-hydroxylation sites is 1. The molecule has 0 aliphatic carbocycles. The van der Waals surface area contributed by atoms with E-state index in [2.05, 4.69) is 0 Å². The number of benzene rings is 2. The van der Waals surface area contributed by atoms with Gasteiger partial charge in [-0.25, -0.2) is 9.69 Å². The average Bonchev–Trinajstić information content (AvgIpc) is 2.97. The lowest BCUT2D eigenvalue weighted by molar-refractivity contribution is 0.0479. The van der Waals surface area contributed by atoms with Gasteiger partial charge in [0, 0.05) is 6.54 Å². The molecule has 0 saturated carbocycles. The van der Waals surface area contributed by atoms with Gasteiger partial charge in [0.25, 0.3) is 11.8 Å². The van der Waals surface area contributed by atoms with Gasteiger partial charge >= 0.3 is 5.97 Å². The minimum Gasteiger partial charge on any atom is -0.461 e. The lowest BCUT2D eigenvalue weighted by atomic mass is 9.92. The second kappa shape index (κ2) is 9.02. The number of nitrogens with zero attached hydrogens (tertiary/aromatic N) is 2. The largest absolute Gasteiger partial charge is 0.461 e. The number of carbonyl (C=O) groups excluding carboxylic acids is 3.